The third-order valence-electron chi connectivity index (χ3n) is 5.60. The van der Waals surface area contributed by atoms with E-state index in [4.69, 9.17) is 4.74 Å². The van der Waals surface area contributed by atoms with Crippen LogP contribution < -0.4 is 5.32 Å². The molecule has 0 atom stereocenters. The molecule has 1 saturated heterocycles. The van der Waals surface area contributed by atoms with Gasteiger partial charge in [-0.3, -0.25) is 4.79 Å². The summed E-state index contributed by atoms with van der Waals surface area (Å²) in [5.74, 6) is -0.903. The van der Waals surface area contributed by atoms with Crippen LogP contribution in [0.1, 0.15) is 15.9 Å². The smallest absolute Gasteiger partial charge is 0.256 e. The first-order chi connectivity index (χ1) is 16.0. The first-order valence-corrected chi connectivity index (χ1v) is 10.5. The molecule has 0 unspecified atom stereocenters. The van der Waals surface area contributed by atoms with Gasteiger partial charge in [-0.1, -0.05) is 0 Å². The number of ether oxygens (including phenoxy) is 1. The van der Waals surface area contributed by atoms with Crippen LogP contribution in [0.15, 0.2) is 54.9 Å². The molecule has 5 rings (SSSR count). The number of anilines is 2. The Bertz CT molecular complexity index is 1350. The molecule has 0 aliphatic carbocycles. The SMILES string of the molecule is Cc1cc(Nc2ncc3ccn(-c4ccc(C(=O)N5CCOCC5)c(F)c4)c3n2)ccc1F. The van der Waals surface area contributed by atoms with Gasteiger partial charge in [-0.2, -0.15) is 4.98 Å². The lowest BCUT2D eigenvalue weighted by molar-refractivity contribution is 0.0300. The molecule has 7 nitrogen and oxygen atoms in total. The van der Waals surface area contributed by atoms with Gasteiger partial charge in [0.05, 0.1) is 18.8 Å². The van der Waals surface area contributed by atoms with E-state index in [1.807, 2.05) is 6.07 Å². The Balaban J connectivity index is 1.44. The Morgan fingerprint density at radius 2 is 1.88 bits per heavy atom. The second-order valence-corrected chi connectivity index (χ2v) is 7.82. The zero-order chi connectivity index (χ0) is 22.9. The largest absolute Gasteiger partial charge is 0.378 e. The molecule has 0 radical (unpaired) electrons. The molecule has 168 valence electrons. The lowest BCUT2D eigenvalue weighted by Gasteiger charge is -2.27. The molecule has 1 aliphatic heterocycles. The summed E-state index contributed by atoms with van der Waals surface area (Å²) in [7, 11) is 0. The van der Waals surface area contributed by atoms with E-state index in [-0.39, 0.29) is 17.3 Å². The molecule has 0 spiro atoms. The highest BCUT2D eigenvalue weighted by Gasteiger charge is 2.22. The maximum absolute atomic E-state index is 14.9. The predicted molar refractivity (Wildman–Crippen MR) is 120 cm³/mol. The van der Waals surface area contributed by atoms with E-state index in [9.17, 15) is 13.6 Å². The summed E-state index contributed by atoms with van der Waals surface area (Å²) in [6, 6.07) is 11.0. The molecular weight excluding hydrogens is 428 g/mol. The Hall–Kier alpha value is -3.85. The van der Waals surface area contributed by atoms with Crippen LogP contribution in [0, 0.1) is 18.6 Å². The van der Waals surface area contributed by atoms with Crippen molar-refractivity contribution in [3.05, 3.63) is 77.6 Å². The van der Waals surface area contributed by atoms with Gasteiger partial charge in [0.25, 0.3) is 5.91 Å². The van der Waals surface area contributed by atoms with Crippen LogP contribution in [-0.2, 0) is 4.74 Å². The van der Waals surface area contributed by atoms with E-state index in [0.29, 0.717) is 54.8 Å². The molecule has 1 amide bonds. The van der Waals surface area contributed by atoms with Crippen molar-refractivity contribution >= 4 is 28.6 Å². The van der Waals surface area contributed by atoms with Crippen LogP contribution in [-0.4, -0.2) is 51.6 Å². The summed E-state index contributed by atoms with van der Waals surface area (Å²) < 4.78 is 35.4. The number of hydrogen-bond acceptors (Lipinski definition) is 5. The minimum Gasteiger partial charge on any atom is -0.378 e. The van der Waals surface area contributed by atoms with E-state index >= 15 is 0 Å². The maximum atomic E-state index is 14.9. The molecule has 4 aromatic rings. The average molecular weight is 449 g/mol. The summed E-state index contributed by atoms with van der Waals surface area (Å²) >= 11 is 0. The van der Waals surface area contributed by atoms with Crippen LogP contribution in [0.4, 0.5) is 20.4 Å². The second kappa shape index (κ2) is 8.59. The number of fused-ring (bicyclic) bond motifs is 1. The molecule has 3 heterocycles. The van der Waals surface area contributed by atoms with E-state index in [2.05, 4.69) is 15.3 Å². The third-order valence-corrected chi connectivity index (χ3v) is 5.60. The topological polar surface area (TPSA) is 72.3 Å². The van der Waals surface area contributed by atoms with Gasteiger partial charge in [0.2, 0.25) is 5.95 Å². The molecular formula is C24H21F2N5O2. The zero-order valence-corrected chi connectivity index (χ0v) is 17.9. The van der Waals surface area contributed by atoms with Crippen LogP contribution in [0.5, 0.6) is 0 Å². The van der Waals surface area contributed by atoms with Crippen molar-refractivity contribution in [3.63, 3.8) is 0 Å². The van der Waals surface area contributed by atoms with Gasteiger partial charge < -0.3 is 19.5 Å². The molecule has 2 aromatic heterocycles. The second-order valence-electron chi connectivity index (χ2n) is 7.82. The fourth-order valence-corrected chi connectivity index (χ4v) is 3.80. The fourth-order valence-electron chi connectivity index (χ4n) is 3.80. The lowest BCUT2D eigenvalue weighted by Crippen LogP contribution is -2.41. The number of nitrogens with one attached hydrogen (secondary N) is 1. The fraction of sp³-hybridized carbons (Fsp3) is 0.208. The van der Waals surface area contributed by atoms with Gasteiger partial charge in [-0.25, -0.2) is 13.8 Å². The van der Waals surface area contributed by atoms with Gasteiger partial charge >= 0.3 is 0 Å². The van der Waals surface area contributed by atoms with Crippen molar-refractivity contribution in [2.75, 3.05) is 31.6 Å². The van der Waals surface area contributed by atoms with E-state index < -0.39 is 5.82 Å². The molecule has 0 bridgehead atoms. The molecule has 9 heteroatoms. The zero-order valence-electron chi connectivity index (χ0n) is 17.9. The Morgan fingerprint density at radius 3 is 2.64 bits per heavy atom. The number of carbonyl (C=O) groups is 1. The summed E-state index contributed by atoms with van der Waals surface area (Å²) in [4.78, 5) is 23.1. The number of carbonyl (C=O) groups excluding carboxylic acids is 1. The minimum absolute atomic E-state index is 0.0285. The highest BCUT2D eigenvalue weighted by atomic mass is 19.1. The number of halogens is 2. The Labute approximate surface area is 188 Å². The number of morpholine rings is 1. The molecule has 1 N–H and O–H groups in total. The van der Waals surface area contributed by atoms with Gasteiger partial charge in [-0.15, -0.1) is 0 Å². The summed E-state index contributed by atoms with van der Waals surface area (Å²) in [6.07, 6.45) is 3.42. The predicted octanol–water partition coefficient (Wildman–Crippen LogP) is 4.22. The van der Waals surface area contributed by atoms with Crippen LogP contribution in [0.25, 0.3) is 16.7 Å². The quantitative estimate of drug-likeness (QED) is 0.505. The Morgan fingerprint density at radius 1 is 1.06 bits per heavy atom. The van der Waals surface area contributed by atoms with Crippen molar-refractivity contribution < 1.29 is 18.3 Å². The van der Waals surface area contributed by atoms with Crippen LogP contribution in [0.2, 0.25) is 0 Å². The normalized spacial score (nSPS) is 14.0. The van der Waals surface area contributed by atoms with Crippen molar-refractivity contribution in [3.8, 4) is 5.69 Å². The molecule has 2 aromatic carbocycles. The number of rotatable bonds is 4. The van der Waals surface area contributed by atoms with Gasteiger partial charge in [-0.05, 0) is 55.0 Å². The highest BCUT2D eigenvalue weighted by molar-refractivity contribution is 5.95. The monoisotopic (exact) mass is 449 g/mol. The van der Waals surface area contributed by atoms with Crippen LogP contribution in [0.3, 0.4) is 0 Å². The van der Waals surface area contributed by atoms with Crippen LogP contribution >= 0.6 is 0 Å². The van der Waals surface area contributed by atoms with Gasteiger partial charge in [0.1, 0.15) is 17.3 Å². The number of benzene rings is 2. The number of nitrogens with zero attached hydrogens (tertiary/aromatic N) is 4. The van der Waals surface area contributed by atoms with Gasteiger partial charge in [0.15, 0.2) is 0 Å². The number of hydrogen-bond donors (Lipinski definition) is 1. The molecule has 1 aliphatic rings. The molecule has 33 heavy (non-hydrogen) atoms. The molecule has 1 fully saturated rings. The average Bonchev–Trinajstić information content (AvgIpc) is 3.25. The van der Waals surface area contributed by atoms with E-state index in [1.54, 1.807) is 47.0 Å². The number of amides is 1. The first kappa shape index (κ1) is 21.0. The van der Waals surface area contributed by atoms with E-state index in [1.165, 1.54) is 18.2 Å². The van der Waals surface area contributed by atoms with E-state index in [0.717, 1.165) is 5.39 Å². The van der Waals surface area contributed by atoms with Gasteiger partial charge in [0, 0.05) is 42.2 Å². The number of aromatic nitrogens is 3. The minimum atomic E-state index is -0.597. The number of aryl methyl sites for hydroxylation is 1. The lowest BCUT2D eigenvalue weighted by atomic mass is 10.1. The Kier molecular flexibility index (Phi) is 5.47. The van der Waals surface area contributed by atoms with Crippen molar-refractivity contribution in [2.45, 2.75) is 6.92 Å². The van der Waals surface area contributed by atoms with Crippen molar-refractivity contribution in [2.24, 2.45) is 0 Å². The third kappa shape index (κ3) is 4.14. The standard InChI is InChI=1S/C24H21F2N5O2/c1-15-12-17(2-5-20(15)25)28-24-27-14-16-6-7-31(22(16)29-24)18-3-4-19(21(26)13-18)23(32)30-8-10-33-11-9-30/h2-7,12-14H,8-11H2,1H3,(H,27,28,29). The van der Waals surface area contributed by atoms with Crippen molar-refractivity contribution in [1.29, 1.82) is 0 Å². The maximum Gasteiger partial charge on any atom is 0.256 e. The summed E-state index contributed by atoms with van der Waals surface area (Å²) in [5.41, 5.74) is 2.29. The highest BCUT2D eigenvalue weighted by Crippen LogP contribution is 2.24. The van der Waals surface area contributed by atoms with Crippen molar-refractivity contribution in [1.82, 2.24) is 19.4 Å². The molecule has 0 saturated carbocycles. The summed E-state index contributed by atoms with van der Waals surface area (Å²) in [6.45, 7) is 3.48. The summed E-state index contributed by atoms with van der Waals surface area (Å²) in [5, 5.41) is 3.84. The first-order valence-electron chi connectivity index (χ1n) is 10.5.